The van der Waals surface area contributed by atoms with Crippen molar-refractivity contribution in [3.63, 3.8) is 0 Å². The van der Waals surface area contributed by atoms with Gasteiger partial charge in [0.15, 0.2) is 0 Å². The molecule has 2 aliphatic rings. The highest BCUT2D eigenvalue weighted by Gasteiger charge is 2.56. The van der Waals surface area contributed by atoms with Crippen molar-refractivity contribution in [1.29, 1.82) is 0 Å². The first kappa shape index (κ1) is 16.7. The predicted molar refractivity (Wildman–Crippen MR) is 87.1 cm³/mol. The molecule has 0 saturated carbocycles. The highest BCUT2D eigenvalue weighted by atomic mass is 32.1. The van der Waals surface area contributed by atoms with Crippen LogP contribution in [0, 0.1) is 5.92 Å². The first-order valence-corrected chi connectivity index (χ1v) is 8.44. The number of thiophene rings is 1. The number of carboxylic acids is 1. The number of rotatable bonds is 5. The van der Waals surface area contributed by atoms with Gasteiger partial charge in [-0.05, 0) is 25.5 Å². The van der Waals surface area contributed by atoms with Crippen LogP contribution in [-0.2, 0) is 20.8 Å². The fourth-order valence-corrected chi connectivity index (χ4v) is 4.43. The van der Waals surface area contributed by atoms with Crippen LogP contribution in [0.2, 0.25) is 0 Å². The van der Waals surface area contributed by atoms with Crippen molar-refractivity contribution in [1.82, 2.24) is 10.2 Å². The monoisotopic (exact) mass is 350 g/mol. The van der Waals surface area contributed by atoms with E-state index < -0.39 is 18.0 Å². The minimum absolute atomic E-state index is 0.00440. The van der Waals surface area contributed by atoms with Crippen LogP contribution in [0.3, 0.4) is 0 Å². The Labute approximate surface area is 142 Å². The van der Waals surface area contributed by atoms with E-state index in [1.165, 1.54) is 16.2 Å². The van der Waals surface area contributed by atoms with Crippen LogP contribution in [0.1, 0.15) is 23.1 Å². The highest BCUT2D eigenvalue weighted by molar-refractivity contribution is 7.13. The van der Waals surface area contributed by atoms with Gasteiger partial charge in [0.25, 0.3) is 0 Å². The van der Waals surface area contributed by atoms with Crippen LogP contribution >= 0.6 is 11.3 Å². The molecule has 0 unspecified atom stereocenters. The fraction of sp³-hybridized carbons (Fsp3) is 0.438. The quantitative estimate of drug-likeness (QED) is 0.668. The molecule has 1 aromatic rings. The van der Waals surface area contributed by atoms with Gasteiger partial charge in [0.1, 0.15) is 5.70 Å². The normalized spacial score (nSPS) is 23.8. The Balaban J connectivity index is 1.91. The molecule has 3 rings (SSSR count). The molecule has 1 aromatic heterocycles. The zero-order valence-corrected chi connectivity index (χ0v) is 14.1. The molecule has 0 bridgehead atoms. The van der Waals surface area contributed by atoms with E-state index in [1.54, 1.807) is 26.1 Å². The Morgan fingerprint density at radius 3 is 2.75 bits per heavy atom. The average molecular weight is 350 g/mol. The van der Waals surface area contributed by atoms with Crippen LogP contribution in [0.25, 0.3) is 5.57 Å². The summed E-state index contributed by atoms with van der Waals surface area (Å²) in [5.41, 5.74) is 0.590. The van der Waals surface area contributed by atoms with Crippen molar-refractivity contribution in [3.05, 3.63) is 27.6 Å². The second kappa shape index (κ2) is 6.03. The fourth-order valence-electron chi connectivity index (χ4n) is 3.37. The predicted octanol–water partition coefficient (Wildman–Crippen LogP) is 0.444. The molecular formula is C16H18N2O5S. The third-order valence-electron chi connectivity index (χ3n) is 4.50. The molecule has 2 aliphatic heterocycles. The second-order valence-electron chi connectivity index (χ2n) is 5.99. The summed E-state index contributed by atoms with van der Waals surface area (Å²) in [6.45, 7) is 1.55. The molecule has 0 aromatic carbocycles. The van der Waals surface area contributed by atoms with Gasteiger partial charge >= 0.3 is 5.97 Å². The zero-order valence-electron chi connectivity index (χ0n) is 13.3. The maximum Gasteiger partial charge on any atom is 0.352 e. The Morgan fingerprint density at radius 1 is 1.46 bits per heavy atom. The Bertz CT molecular complexity index is 751. The zero-order chi connectivity index (χ0) is 17.6. The summed E-state index contributed by atoms with van der Waals surface area (Å²) in [4.78, 5) is 38.2. The molecule has 3 heterocycles. The number of likely N-dealkylation sites (N-methyl/N-ethyl adjacent to an activating group) is 1. The maximum atomic E-state index is 12.2. The minimum Gasteiger partial charge on any atom is -0.477 e. The largest absolute Gasteiger partial charge is 0.477 e. The van der Waals surface area contributed by atoms with Gasteiger partial charge in [0, 0.05) is 22.4 Å². The lowest BCUT2D eigenvalue weighted by Crippen LogP contribution is -2.61. The number of carbonyl (C=O) groups is 3. The smallest absolute Gasteiger partial charge is 0.352 e. The first-order chi connectivity index (χ1) is 11.3. The molecule has 128 valence electrons. The van der Waals surface area contributed by atoms with Gasteiger partial charge in [-0.1, -0.05) is 0 Å². The lowest BCUT2D eigenvalue weighted by molar-refractivity contribution is -0.161. The van der Waals surface area contributed by atoms with Crippen molar-refractivity contribution in [3.8, 4) is 0 Å². The first-order valence-electron chi connectivity index (χ1n) is 7.62. The summed E-state index contributed by atoms with van der Waals surface area (Å²) in [7, 11) is 1.56. The van der Waals surface area contributed by atoms with E-state index in [2.05, 4.69) is 5.32 Å². The molecular weight excluding hydrogens is 332 g/mol. The Morgan fingerprint density at radius 2 is 2.17 bits per heavy atom. The molecule has 0 aliphatic carbocycles. The standard InChI is InChI=1S/C16H18N2O5S/c1-7(19)13-10-6-9(14(16(22)23)18(10)15(13)21)11-4-3-8(24-11)5-12(20)17-2/h3-4,7,10,13,19H,5-6H2,1-2H3,(H,17,20)(H,22,23)/t7-,10-,13-/m1/s1. The van der Waals surface area contributed by atoms with E-state index in [0.29, 0.717) is 12.0 Å². The summed E-state index contributed by atoms with van der Waals surface area (Å²) in [6, 6.07) is 3.28. The van der Waals surface area contributed by atoms with Crippen LogP contribution in [0.15, 0.2) is 17.8 Å². The summed E-state index contributed by atoms with van der Waals surface area (Å²) in [6.07, 6.45) is -0.164. The van der Waals surface area contributed by atoms with Gasteiger partial charge in [-0.15, -0.1) is 11.3 Å². The van der Waals surface area contributed by atoms with E-state index in [-0.39, 0.29) is 30.0 Å². The number of aliphatic carboxylic acids is 1. The average Bonchev–Trinajstić information content (AvgIpc) is 3.08. The number of carbonyl (C=O) groups excluding carboxylic acids is 2. The van der Waals surface area contributed by atoms with Crippen molar-refractivity contribution in [2.75, 3.05) is 7.05 Å². The van der Waals surface area contributed by atoms with Crippen LogP contribution in [-0.4, -0.2) is 52.1 Å². The number of aliphatic hydroxyl groups excluding tert-OH is 1. The molecule has 24 heavy (non-hydrogen) atoms. The van der Waals surface area contributed by atoms with Crippen LogP contribution < -0.4 is 5.32 Å². The van der Waals surface area contributed by atoms with Gasteiger partial charge < -0.3 is 20.4 Å². The van der Waals surface area contributed by atoms with E-state index in [1.807, 2.05) is 0 Å². The Hall–Kier alpha value is -2.19. The lowest BCUT2D eigenvalue weighted by atomic mass is 9.83. The van der Waals surface area contributed by atoms with E-state index >= 15 is 0 Å². The van der Waals surface area contributed by atoms with Crippen molar-refractivity contribution in [2.24, 2.45) is 5.92 Å². The third kappa shape index (κ3) is 2.51. The summed E-state index contributed by atoms with van der Waals surface area (Å²) in [5.74, 6) is -2.16. The van der Waals surface area contributed by atoms with Crippen molar-refractivity contribution < 1.29 is 24.6 Å². The number of β-lactam (4-membered cyclic amide) rings is 1. The molecule has 7 nitrogen and oxygen atoms in total. The number of fused-ring (bicyclic) bond motifs is 1. The molecule has 1 fully saturated rings. The molecule has 3 atom stereocenters. The number of aliphatic hydroxyl groups is 1. The summed E-state index contributed by atoms with van der Waals surface area (Å²) < 4.78 is 0. The van der Waals surface area contributed by atoms with Gasteiger partial charge in [-0.25, -0.2) is 4.79 Å². The highest BCUT2D eigenvalue weighted by Crippen LogP contribution is 2.48. The van der Waals surface area contributed by atoms with Gasteiger partial charge in [-0.3, -0.25) is 9.59 Å². The summed E-state index contributed by atoms with van der Waals surface area (Å²) in [5, 5.41) is 21.8. The maximum absolute atomic E-state index is 12.2. The Kier molecular flexibility index (Phi) is 4.18. The van der Waals surface area contributed by atoms with Crippen molar-refractivity contribution in [2.45, 2.75) is 31.9 Å². The van der Waals surface area contributed by atoms with Gasteiger partial charge in [0.05, 0.1) is 24.5 Å². The number of nitrogens with zero attached hydrogens (tertiary/aromatic N) is 1. The van der Waals surface area contributed by atoms with E-state index in [4.69, 9.17) is 0 Å². The van der Waals surface area contributed by atoms with E-state index in [9.17, 15) is 24.6 Å². The molecule has 1 saturated heterocycles. The van der Waals surface area contributed by atoms with Gasteiger partial charge in [0.2, 0.25) is 11.8 Å². The molecule has 2 amide bonds. The number of nitrogens with one attached hydrogen (secondary N) is 1. The third-order valence-corrected chi connectivity index (χ3v) is 5.65. The minimum atomic E-state index is -1.15. The molecule has 0 spiro atoms. The van der Waals surface area contributed by atoms with E-state index in [0.717, 1.165) is 9.75 Å². The van der Waals surface area contributed by atoms with Crippen molar-refractivity contribution >= 4 is 34.7 Å². The second-order valence-corrected chi connectivity index (χ2v) is 7.16. The number of hydrogen-bond acceptors (Lipinski definition) is 5. The number of carboxylic acid groups (broad SMARTS) is 1. The van der Waals surface area contributed by atoms with Crippen LogP contribution in [0.4, 0.5) is 0 Å². The topological polar surface area (TPSA) is 107 Å². The number of amides is 2. The molecule has 3 N–H and O–H groups in total. The molecule has 8 heteroatoms. The lowest BCUT2D eigenvalue weighted by Gasteiger charge is -2.44. The van der Waals surface area contributed by atoms with Gasteiger partial charge in [-0.2, -0.15) is 0 Å². The SMILES string of the molecule is CNC(=O)Cc1ccc(C2=C(C(=O)O)N3C(=O)[C@H]([C@@H](C)O)[C@H]3C2)s1. The van der Waals surface area contributed by atoms with Crippen LogP contribution in [0.5, 0.6) is 0 Å². The molecule has 0 radical (unpaired) electrons. The summed E-state index contributed by atoms with van der Waals surface area (Å²) >= 11 is 1.36. The number of hydrogen-bond donors (Lipinski definition) is 3.